The minimum absolute atomic E-state index is 0.000764. The van der Waals surface area contributed by atoms with Gasteiger partial charge >= 0.3 is 11.9 Å². The second kappa shape index (κ2) is 8.59. The zero-order valence-corrected chi connectivity index (χ0v) is 16.3. The van der Waals surface area contributed by atoms with Gasteiger partial charge in [-0.25, -0.2) is 4.98 Å². The number of ketones is 1. The maximum atomic E-state index is 11.5. The van der Waals surface area contributed by atoms with Crippen molar-refractivity contribution in [3.8, 4) is 0 Å². The molecule has 0 spiro atoms. The van der Waals surface area contributed by atoms with Crippen molar-refractivity contribution in [1.82, 2.24) is 4.98 Å². The molecule has 0 radical (unpaired) electrons. The van der Waals surface area contributed by atoms with Crippen LogP contribution in [-0.2, 0) is 23.8 Å². The van der Waals surface area contributed by atoms with Gasteiger partial charge in [0.15, 0.2) is 17.1 Å². The lowest BCUT2D eigenvalue weighted by Crippen LogP contribution is -2.55. The number of nitrogens with zero attached hydrogens (tertiary/aromatic N) is 1. The summed E-state index contributed by atoms with van der Waals surface area (Å²) in [6.07, 6.45) is -0.0793. The number of Topliss-reactive ketones (excluding diaryl/α,β-unsaturated/α-hetero) is 1. The van der Waals surface area contributed by atoms with Crippen molar-refractivity contribution >= 4 is 34.2 Å². The number of carbonyl (C=O) groups is 3. The molecule has 1 saturated heterocycles. The summed E-state index contributed by atoms with van der Waals surface area (Å²) in [7, 11) is 0. The first-order chi connectivity index (χ1) is 12.2. The van der Waals surface area contributed by atoms with Crippen LogP contribution in [-0.4, -0.2) is 47.7 Å². The SMILES string of the molecule is CC(=O)OCC1O[C@H](Nc2ncc(C(C)=O)s2)C(OC(C)=O)[C@@H](C)[C@@H]1C. The highest BCUT2D eigenvalue weighted by molar-refractivity contribution is 7.17. The van der Waals surface area contributed by atoms with Crippen molar-refractivity contribution in [3.05, 3.63) is 11.1 Å². The lowest BCUT2D eigenvalue weighted by Gasteiger charge is -2.43. The van der Waals surface area contributed by atoms with Crippen LogP contribution in [0.15, 0.2) is 6.20 Å². The van der Waals surface area contributed by atoms with Gasteiger partial charge in [-0.15, -0.1) is 0 Å². The number of esters is 2. The lowest BCUT2D eigenvalue weighted by molar-refractivity contribution is -0.197. The van der Waals surface area contributed by atoms with Gasteiger partial charge in [0.05, 0.1) is 17.2 Å². The molecule has 1 aliphatic heterocycles. The fraction of sp³-hybridized carbons (Fsp3) is 0.647. The second-order valence-corrected chi connectivity index (χ2v) is 7.45. The molecule has 1 aromatic heterocycles. The van der Waals surface area contributed by atoms with Crippen LogP contribution in [0.2, 0.25) is 0 Å². The van der Waals surface area contributed by atoms with Crippen molar-refractivity contribution in [2.24, 2.45) is 11.8 Å². The van der Waals surface area contributed by atoms with E-state index in [0.29, 0.717) is 10.0 Å². The molecule has 1 aromatic rings. The predicted molar refractivity (Wildman–Crippen MR) is 94.9 cm³/mol. The number of hydrogen-bond donors (Lipinski definition) is 1. The molecule has 0 amide bonds. The Balaban J connectivity index is 2.18. The first kappa shape index (κ1) is 20.3. The van der Waals surface area contributed by atoms with Crippen molar-refractivity contribution in [2.75, 3.05) is 11.9 Å². The smallest absolute Gasteiger partial charge is 0.303 e. The number of ether oxygens (including phenoxy) is 3. The maximum Gasteiger partial charge on any atom is 0.303 e. The Morgan fingerprint density at radius 2 is 1.88 bits per heavy atom. The Bertz CT molecular complexity index is 674. The molecular formula is C17H24N2O6S. The summed E-state index contributed by atoms with van der Waals surface area (Å²) in [4.78, 5) is 38.8. The Morgan fingerprint density at radius 1 is 1.19 bits per heavy atom. The Hall–Kier alpha value is -2.00. The highest BCUT2D eigenvalue weighted by Gasteiger charge is 2.44. The maximum absolute atomic E-state index is 11.5. The summed E-state index contributed by atoms with van der Waals surface area (Å²) < 4.78 is 16.6. The Kier molecular flexibility index (Phi) is 6.71. The molecule has 0 aromatic carbocycles. The third kappa shape index (κ3) is 5.01. The van der Waals surface area contributed by atoms with E-state index in [-0.39, 0.29) is 36.3 Å². The predicted octanol–water partition coefficient (Wildman–Crippen LogP) is 2.25. The van der Waals surface area contributed by atoms with Crippen LogP contribution in [0.1, 0.15) is 44.3 Å². The van der Waals surface area contributed by atoms with Crippen molar-refractivity contribution in [3.63, 3.8) is 0 Å². The molecule has 2 unspecified atom stereocenters. The molecular weight excluding hydrogens is 360 g/mol. The van der Waals surface area contributed by atoms with E-state index >= 15 is 0 Å². The fourth-order valence-electron chi connectivity index (χ4n) is 2.80. The van der Waals surface area contributed by atoms with Gasteiger partial charge in [-0.2, -0.15) is 0 Å². The van der Waals surface area contributed by atoms with Crippen molar-refractivity contribution < 1.29 is 28.6 Å². The first-order valence-electron chi connectivity index (χ1n) is 8.38. The molecule has 2 heterocycles. The van der Waals surface area contributed by atoms with Crippen molar-refractivity contribution in [1.29, 1.82) is 0 Å². The minimum atomic E-state index is -0.670. The monoisotopic (exact) mass is 384 g/mol. The fourth-order valence-corrected chi connectivity index (χ4v) is 3.53. The second-order valence-electron chi connectivity index (χ2n) is 6.42. The molecule has 0 saturated carbocycles. The normalized spacial score (nSPS) is 28.3. The van der Waals surface area contributed by atoms with Gasteiger partial charge in [0, 0.05) is 26.7 Å². The highest BCUT2D eigenvalue weighted by Crippen LogP contribution is 2.34. The standard InChI is InChI=1S/C17H24N2O6S/c1-8-9(2)15(24-12(5)22)16(25-13(8)7-23-11(4)21)19-17-18-6-14(26-17)10(3)20/h6,8-9,13,15-16H,7H2,1-5H3,(H,18,19)/t8-,9-,13?,15?,16-/m0/s1. The summed E-state index contributed by atoms with van der Waals surface area (Å²) in [6, 6.07) is 0. The van der Waals surface area contributed by atoms with Crippen LogP contribution >= 0.6 is 11.3 Å². The van der Waals surface area contributed by atoms with E-state index in [1.165, 1.54) is 38.3 Å². The number of carbonyl (C=O) groups excluding carboxylic acids is 3. The van der Waals surface area contributed by atoms with Gasteiger partial charge in [-0.3, -0.25) is 14.4 Å². The quantitative estimate of drug-likeness (QED) is 0.588. The third-order valence-corrected chi connectivity index (χ3v) is 5.45. The average molecular weight is 384 g/mol. The average Bonchev–Trinajstić information content (AvgIpc) is 3.01. The van der Waals surface area contributed by atoms with Gasteiger partial charge in [-0.05, 0) is 5.92 Å². The molecule has 2 rings (SSSR count). The number of nitrogens with one attached hydrogen (secondary N) is 1. The van der Waals surface area contributed by atoms with Gasteiger partial charge in [0.25, 0.3) is 0 Å². The summed E-state index contributed by atoms with van der Waals surface area (Å²) in [6.45, 7) is 8.18. The largest absolute Gasteiger partial charge is 0.463 e. The van der Waals surface area contributed by atoms with Crippen LogP contribution < -0.4 is 5.32 Å². The molecule has 144 valence electrons. The third-order valence-electron chi connectivity index (χ3n) is 4.43. The van der Waals surface area contributed by atoms with E-state index in [1.54, 1.807) is 0 Å². The number of thiazole rings is 1. The van der Waals surface area contributed by atoms with E-state index < -0.39 is 18.3 Å². The molecule has 5 atom stereocenters. The van der Waals surface area contributed by atoms with E-state index in [4.69, 9.17) is 14.2 Å². The molecule has 1 N–H and O–H groups in total. The Labute approximate surface area is 156 Å². The van der Waals surface area contributed by atoms with E-state index in [0.717, 1.165) is 0 Å². The van der Waals surface area contributed by atoms with Gasteiger partial charge < -0.3 is 19.5 Å². The molecule has 1 fully saturated rings. The van der Waals surface area contributed by atoms with Crippen LogP contribution in [0.5, 0.6) is 0 Å². The van der Waals surface area contributed by atoms with Gasteiger partial charge in [0.1, 0.15) is 12.7 Å². The zero-order chi connectivity index (χ0) is 19.4. The summed E-state index contributed by atoms with van der Waals surface area (Å²) in [5.41, 5.74) is 0. The number of aromatic nitrogens is 1. The molecule has 0 bridgehead atoms. The molecule has 9 heteroatoms. The van der Waals surface area contributed by atoms with Crippen molar-refractivity contribution in [2.45, 2.75) is 53.1 Å². The molecule has 0 aliphatic carbocycles. The highest BCUT2D eigenvalue weighted by atomic mass is 32.1. The molecule has 1 aliphatic rings. The van der Waals surface area contributed by atoms with E-state index in [1.807, 2.05) is 13.8 Å². The minimum Gasteiger partial charge on any atom is -0.463 e. The Morgan fingerprint density at radius 3 is 2.42 bits per heavy atom. The lowest BCUT2D eigenvalue weighted by atomic mass is 9.83. The summed E-state index contributed by atoms with van der Waals surface area (Å²) >= 11 is 1.20. The van der Waals surface area contributed by atoms with Crippen LogP contribution in [0.3, 0.4) is 0 Å². The number of hydrogen-bond acceptors (Lipinski definition) is 9. The molecule has 26 heavy (non-hydrogen) atoms. The van der Waals surface area contributed by atoms with Crippen LogP contribution in [0, 0.1) is 11.8 Å². The van der Waals surface area contributed by atoms with Crippen LogP contribution in [0.25, 0.3) is 0 Å². The van der Waals surface area contributed by atoms with Crippen LogP contribution in [0.4, 0.5) is 5.13 Å². The number of anilines is 1. The first-order valence-corrected chi connectivity index (χ1v) is 9.20. The van der Waals surface area contributed by atoms with Gasteiger partial charge in [0.2, 0.25) is 0 Å². The summed E-state index contributed by atoms with van der Waals surface area (Å²) in [5.74, 6) is -0.914. The van der Waals surface area contributed by atoms with E-state index in [9.17, 15) is 14.4 Å². The summed E-state index contributed by atoms with van der Waals surface area (Å²) in [5, 5.41) is 3.59. The number of rotatable bonds is 6. The van der Waals surface area contributed by atoms with E-state index in [2.05, 4.69) is 10.3 Å². The van der Waals surface area contributed by atoms with Gasteiger partial charge in [-0.1, -0.05) is 25.2 Å². The topological polar surface area (TPSA) is 104 Å². The zero-order valence-electron chi connectivity index (χ0n) is 15.5. The molecule has 8 nitrogen and oxygen atoms in total.